The molecule has 0 bridgehead atoms. The molecule has 1 aliphatic rings. The third kappa shape index (κ3) is 3.42. The summed E-state index contributed by atoms with van der Waals surface area (Å²) in [6.45, 7) is 1.90. The SMILES string of the molecule is Cc1nccn1-c1cc(Oc2ccc(NC(=O)C3CCC3)cc2)ncn1. The van der Waals surface area contributed by atoms with Crippen molar-refractivity contribution in [2.45, 2.75) is 26.2 Å². The van der Waals surface area contributed by atoms with Crippen LogP contribution >= 0.6 is 0 Å². The predicted octanol–water partition coefficient (Wildman–Crippen LogP) is 3.50. The van der Waals surface area contributed by atoms with Gasteiger partial charge in [0.2, 0.25) is 11.8 Å². The normalized spacial score (nSPS) is 13.9. The Labute approximate surface area is 151 Å². The van der Waals surface area contributed by atoms with Gasteiger partial charge in [0, 0.05) is 30.1 Å². The van der Waals surface area contributed by atoms with Crippen molar-refractivity contribution in [1.29, 1.82) is 0 Å². The maximum atomic E-state index is 12.0. The first kappa shape index (κ1) is 16.3. The third-order valence-electron chi connectivity index (χ3n) is 4.52. The number of ether oxygens (including phenoxy) is 1. The fourth-order valence-electron chi connectivity index (χ4n) is 2.78. The number of rotatable bonds is 5. The van der Waals surface area contributed by atoms with E-state index in [4.69, 9.17) is 4.74 Å². The van der Waals surface area contributed by atoms with Crippen molar-refractivity contribution in [2.24, 2.45) is 5.92 Å². The number of amides is 1. The van der Waals surface area contributed by atoms with Crippen molar-refractivity contribution >= 4 is 11.6 Å². The zero-order valence-electron chi connectivity index (χ0n) is 14.4. The van der Waals surface area contributed by atoms with Gasteiger partial charge in [0.1, 0.15) is 23.7 Å². The van der Waals surface area contributed by atoms with Gasteiger partial charge in [0.25, 0.3) is 0 Å². The molecule has 1 N–H and O–H groups in total. The van der Waals surface area contributed by atoms with E-state index in [-0.39, 0.29) is 11.8 Å². The minimum Gasteiger partial charge on any atom is -0.439 e. The molecule has 0 aliphatic heterocycles. The number of carbonyl (C=O) groups is 1. The summed E-state index contributed by atoms with van der Waals surface area (Å²) in [5.74, 6) is 2.86. The fraction of sp³-hybridized carbons (Fsp3) is 0.263. The van der Waals surface area contributed by atoms with Gasteiger partial charge in [-0.1, -0.05) is 6.42 Å². The summed E-state index contributed by atoms with van der Waals surface area (Å²) in [5.41, 5.74) is 0.770. The lowest BCUT2D eigenvalue weighted by Gasteiger charge is -2.24. The lowest BCUT2D eigenvalue weighted by Crippen LogP contribution is -2.27. The van der Waals surface area contributed by atoms with Gasteiger partial charge < -0.3 is 10.1 Å². The average Bonchev–Trinajstić information content (AvgIpc) is 3.01. The summed E-state index contributed by atoms with van der Waals surface area (Å²) >= 11 is 0. The Morgan fingerprint density at radius 2 is 2.00 bits per heavy atom. The number of nitrogens with zero attached hydrogens (tertiary/aromatic N) is 4. The second kappa shape index (κ2) is 6.95. The summed E-state index contributed by atoms with van der Waals surface area (Å²) in [6.07, 6.45) is 8.12. The van der Waals surface area contributed by atoms with Gasteiger partial charge in [-0.2, -0.15) is 0 Å². The van der Waals surface area contributed by atoms with Crippen molar-refractivity contribution < 1.29 is 9.53 Å². The topological polar surface area (TPSA) is 81.9 Å². The monoisotopic (exact) mass is 349 g/mol. The Kier molecular flexibility index (Phi) is 4.35. The minimum atomic E-state index is 0.0982. The molecule has 0 unspecified atom stereocenters. The number of anilines is 1. The van der Waals surface area contributed by atoms with Gasteiger partial charge in [0.05, 0.1) is 0 Å². The maximum Gasteiger partial charge on any atom is 0.227 e. The van der Waals surface area contributed by atoms with E-state index < -0.39 is 0 Å². The molecule has 26 heavy (non-hydrogen) atoms. The zero-order valence-corrected chi connectivity index (χ0v) is 14.4. The van der Waals surface area contributed by atoms with Crippen molar-refractivity contribution in [3.8, 4) is 17.4 Å². The van der Waals surface area contributed by atoms with Crippen LogP contribution in [0.25, 0.3) is 5.82 Å². The van der Waals surface area contributed by atoms with Crippen LogP contribution in [0.15, 0.2) is 49.1 Å². The summed E-state index contributed by atoms with van der Waals surface area (Å²) in [4.78, 5) is 24.6. The van der Waals surface area contributed by atoms with Crippen LogP contribution in [0.2, 0.25) is 0 Å². The van der Waals surface area contributed by atoms with E-state index in [0.717, 1.165) is 30.8 Å². The molecule has 7 nitrogen and oxygen atoms in total. The Morgan fingerprint density at radius 3 is 2.65 bits per heavy atom. The van der Waals surface area contributed by atoms with Gasteiger partial charge in [-0.25, -0.2) is 15.0 Å². The lowest BCUT2D eigenvalue weighted by molar-refractivity contribution is -0.122. The Hall–Kier alpha value is -3.22. The van der Waals surface area contributed by atoms with E-state index in [1.165, 1.54) is 6.33 Å². The first-order valence-corrected chi connectivity index (χ1v) is 8.60. The van der Waals surface area contributed by atoms with Gasteiger partial charge in [0.15, 0.2) is 0 Å². The number of imidazole rings is 1. The maximum absolute atomic E-state index is 12.0. The average molecular weight is 349 g/mol. The van der Waals surface area contributed by atoms with E-state index in [1.807, 2.05) is 29.8 Å². The molecule has 1 aromatic carbocycles. The van der Waals surface area contributed by atoms with Crippen LogP contribution in [0, 0.1) is 12.8 Å². The van der Waals surface area contributed by atoms with Crippen LogP contribution in [-0.4, -0.2) is 25.4 Å². The molecular formula is C19H19N5O2. The van der Waals surface area contributed by atoms with E-state index in [1.54, 1.807) is 24.4 Å². The van der Waals surface area contributed by atoms with Crippen molar-refractivity contribution in [3.05, 3.63) is 54.9 Å². The summed E-state index contributed by atoms with van der Waals surface area (Å²) in [6, 6.07) is 9.02. The lowest BCUT2D eigenvalue weighted by atomic mass is 9.85. The number of hydrogen-bond donors (Lipinski definition) is 1. The van der Waals surface area contributed by atoms with Crippen LogP contribution < -0.4 is 10.1 Å². The van der Waals surface area contributed by atoms with Crippen LogP contribution in [-0.2, 0) is 4.79 Å². The molecule has 4 rings (SSSR count). The number of benzene rings is 1. The van der Waals surface area contributed by atoms with Crippen molar-refractivity contribution in [2.75, 3.05) is 5.32 Å². The third-order valence-corrected chi connectivity index (χ3v) is 4.52. The molecule has 2 aromatic heterocycles. The van der Waals surface area contributed by atoms with Crippen LogP contribution in [0.3, 0.4) is 0 Å². The van der Waals surface area contributed by atoms with Crippen molar-refractivity contribution in [3.63, 3.8) is 0 Å². The molecule has 0 saturated heterocycles. The van der Waals surface area contributed by atoms with E-state index in [2.05, 4.69) is 20.3 Å². The fourth-order valence-corrected chi connectivity index (χ4v) is 2.78. The molecule has 132 valence electrons. The number of aromatic nitrogens is 4. The molecule has 0 spiro atoms. The molecule has 3 aromatic rings. The molecule has 1 amide bonds. The highest BCUT2D eigenvalue weighted by atomic mass is 16.5. The largest absolute Gasteiger partial charge is 0.439 e. The second-order valence-corrected chi connectivity index (χ2v) is 6.30. The summed E-state index contributed by atoms with van der Waals surface area (Å²) in [7, 11) is 0. The van der Waals surface area contributed by atoms with Gasteiger partial charge in [-0.3, -0.25) is 9.36 Å². The highest BCUT2D eigenvalue weighted by Gasteiger charge is 2.25. The molecule has 7 heteroatoms. The molecular weight excluding hydrogens is 330 g/mol. The molecule has 2 heterocycles. The zero-order chi connectivity index (χ0) is 17.9. The number of nitrogens with one attached hydrogen (secondary N) is 1. The first-order chi connectivity index (χ1) is 12.7. The Bertz CT molecular complexity index is 916. The van der Waals surface area contributed by atoms with Crippen LogP contribution in [0.5, 0.6) is 11.6 Å². The Balaban J connectivity index is 1.44. The van der Waals surface area contributed by atoms with E-state index in [9.17, 15) is 4.79 Å². The summed E-state index contributed by atoms with van der Waals surface area (Å²) in [5, 5.41) is 2.94. The summed E-state index contributed by atoms with van der Waals surface area (Å²) < 4.78 is 7.65. The smallest absolute Gasteiger partial charge is 0.227 e. The van der Waals surface area contributed by atoms with Gasteiger partial charge in [-0.05, 0) is 44.0 Å². The quantitative estimate of drug-likeness (QED) is 0.762. The molecule has 1 saturated carbocycles. The number of carbonyl (C=O) groups excluding carboxylic acids is 1. The highest BCUT2D eigenvalue weighted by Crippen LogP contribution is 2.28. The minimum absolute atomic E-state index is 0.0982. The highest BCUT2D eigenvalue weighted by molar-refractivity contribution is 5.93. The number of hydrogen-bond acceptors (Lipinski definition) is 5. The van der Waals surface area contributed by atoms with E-state index in [0.29, 0.717) is 17.4 Å². The van der Waals surface area contributed by atoms with E-state index >= 15 is 0 Å². The predicted molar refractivity (Wildman–Crippen MR) is 96.4 cm³/mol. The van der Waals surface area contributed by atoms with Crippen molar-refractivity contribution in [1.82, 2.24) is 19.5 Å². The molecule has 1 fully saturated rings. The molecule has 0 radical (unpaired) electrons. The first-order valence-electron chi connectivity index (χ1n) is 8.60. The van der Waals surface area contributed by atoms with Gasteiger partial charge in [-0.15, -0.1) is 0 Å². The Morgan fingerprint density at radius 1 is 1.19 bits per heavy atom. The standard InChI is InChI=1S/C19H19N5O2/c1-13-20-9-10-24(13)17-11-18(22-12-21-17)26-16-7-5-15(6-8-16)23-19(25)14-3-2-4-14/h5-12,14H,2-4H2,1H3,(H,23,25). The second-order valence-electron chi connectivity index (χ2n) is 6.30. The number of aryl methyl sites for hydroxylation is 1. The van der Waals surface area contributed by atoms with Crippen LogP contribution in [0.4, 0.5) is 5.69 Å². The van der Waals surface area contributed by atoms with Gasteiger partial charge >= 0.3 is 0 Å². The van der Waals surface area contributed by atoms with Crippen LogP contribution in [0.1, 0.15) is 25.1 Å². The molecule has 0 atom stereocenters. The molecule has 1 aliphatic carbocycles.